The molecule has 27 heavy (non-hydrogen) atoms. The molecule has 0 aliphatic carbocycles. The number of nitrogens with two attached hydrogens (primary N) is 4. The Bertz CT molecular complexity index is 899. The van der Waals surface area contributed by atoms with Gasteiger partial charge in [0.1, 0.15) is 12.1 Å². The maximum atomic E-state index is 10.5. The third-order valence-electron chi connectivity index (χ3n) is 2.52. The SMILES string of the molecule is N#Cc1nc(C(=O)O)c(N)nc1N.N#Cc1nc(C(=O)O)c(N)nc1N.O. The lowest BCUT2D eigenvalue weighted by molar-refractivity contribution is 0.0680. The third kappa shape index (κ3) is 5.11. The van der Waals surface area contributed by atoms with Crippen molar-refractivity contribution in [1.82, 2.24) is 19.9 Å². The summed E-state index contributed by atoms with van der Waals surface area (Å²) in [6, 6.07) is 3.20. The van der Waals surface area contributed by atoms with Gasteiger partial charge in [-0.25, -0.2) is 29.5 Å². The number of nitriles is 2. The Balaban J connectivity index is 0.000000483. The Morgan fingerprint density at radius 2 is 1.00 bits per heavy atom. The molecule has 2 aromatic heterocycles. The molecule has 140 valence electrons. The quantitative estimate of drug-likeness (QED) is 0.318. The van der Waals surface area contributed by atoms with Crippen LogP contribution in [0.3, 0.4) is 0 Å². The summed E-state index contributed by atoms with van der Waals surface area (Å²) in [6.07, 6.45) is 0. The van der Waals surface area contributed by atoms with E-state index in [-0.39, 0.29) is 40.1 Å². The first kappa shape index (κ1) is 22.2. The second-order valence-electron chi connectivity index (χ2n) is 4.22. The number of carboxylic acids is 2. The lowest BCUT2D eigenvalue weighted by atomic mass is 10.3. The molecular weight excluding hydrogens is 364 g/mol. The first-order valence-corrected chi connectivity index (χ1v) is 6.25. The fraction of sp³-hybridized carbons (Fsp3) is 0. The van der Waals surface area contributed by atoms with E-state index in [0.29, 0.717) is 0 Å². The summed E-state index contributed by atoms with van der Waals surface area (Å²) in [5, 5.41) is 34.0. The summed E-state index contributed by atoms with van der Waals surface area (Å²) >= 11 is 0. The zero-order valence-electron chi connectivity index (χ0n) is 13.2. The molecule has 0 fully saturated rings. The smallest absolute Gasteiger partial charge is 0.358 e. The minimum Gasteiger partial charge on any atom is -0.476 e. The molecule has 0 aliphatic rings. The highest BCUT2D eigenvalue weighted by Crippen LogP contribution is 2.12. The van der Waals surface area contributed by atoms with Crippen LogP contribution < -0.4 is 22.9 Å². The average molecular weight is 376 g/mol. The molecule has 0 saturated heterocycles. The number of carboxylic acid groups (broad SMARTS) is 2. The molecule has 15 nitrogen and oxygen atoms in total. The van der Waals surface area contributed by atoms with Crippen LogP contribution in [0, 0.1) is 22.7 Å². The zero-order chi connectivity index (χ0) is 20.0. The van der Waals surface area contributed by atoms with E-state index in [1.165, 1.54) is 0 Å². The largest absolute Gasteiger partial charge is 0.476 e. The normalized spacial score (nSPS) is 8.81. The fourth-order valence-corrected chi connectivity index (χ4v) is 1.40. The predicted octanol–water partition coefficient (Wildman–Crippen LogP) is -2.40. The maximum absolute atomic E-state index is 10.5. The van der Waals surface area contributed by atoms with Crippen molar-refractivity contribution in [2.24, 2.45) is 0 Å². The van der Waals surface area contributed by atoms with Crippen LogP contribution in [0.15, 0.2) is 0 Å². The molecule has 0 atom stereocenters. The first-order valence-electron chi connectivity index (χ1n) is 6.25. The fourth-order valence-electron chi connectivity index (χ4n) is 1.40. The van der Waals surface area contributed by atoms with E-state index in [4.69, 9.17) is 43.7 Å². The van der Waals surface area contributed by atoms with Gasteiger partial charge in [-0.1, -0.05) is 0 Å². The number of aromatic carboxylic acids is 2. The van der Waals surface area contributed by atoms with Crippen molar-refractivity contribution < 1.29 is 25.3 Å². The molecule has 12 N–H and O–H groups in total. The Labute approximate surface area is 149 Å². The van der Waals surface area contributed by atoms with E-state index in [9.17, 15) is 9.59 Å². The molecule has 2 aromatic rings. The van der Waals surface area contributed by atoms with Crippen molar-refractivity contribution in [2.75, 3.05) is 22.9 Å². The lowest BCUT2D eigenvalue weighted by Gasteiger charge is -2.00. The topological polar surface area (TPSA) is 309 Å². The summed E-state index contributed by atoms with van der Waals surface area (Å²) in [6.45, 7) is 0. The van der Waals surface area contributed by atoms with Gasteiger partial charge in [0, 0.05) is 0 Å². The van der Waals surface area contributed by atoms with E-state index in [1.54, 1.807) is 12.1 Å². The van der Waals surface area contributed by atoms with Gasteiger partial charge in [0.25, 0.3) is 0 Å². The van der Waals surface area contributed by atoms with E-state index < -0.39 is 23.3 Å². The third-order valence-corrected chi connectivity index (χ3v) is 2.52. The van der Waals surface area contributed by atoms with Crippen LogP contribution in [0.5, 0.6) is 0 Å². The van der Waals surface area contributed by atoms with Crippen molar-refractivity contribution in [1.29, 1.82) is 10.5 Å². The summed E-state index contributed by atoms with van der Waals surface area (Å²) in [5.74, 6) is -3.65. The molecule has 0 saturated carbocycles. The number of hydrogen-bond acceptors (Lipinski definition) is 12. The van der Waals surface area contributed by atoms with Gasteiger partial charge in [0.05, 0.1) is 0 Å². The summed E-state index contributed by atoms with van der Waals surface area (Å²) in [4.78, 5) is 34.7. The van der Waals surface area contributed by atoms with Crippen LogP contribution in [0.25, 0.3) is 0 Å². The molecule has 0 spiro atoms. The number of nitrogen functional groups attached to an aromatic ring is 4. The summed E-state index contributed by atoms with van der Waals surface area (Å²) < 4.78 is 0. The molecular formula is C12H12N10O5. The molecule has 2 heterocycles. The second kappa shape index (κ2) is 8.92. The van der Waals surface area contributed by atoms with Gasteiger partial charge in [-0.05, 0) is 0 Å². The van der Waals surface area contributed by atoms with Crippen LogP contribution in [0.1, 0.15) is 32.4 Å². The monoisotopic (exact) mass is 376 g/mol. The van der Waals surface area contributed by atoms with E-state index in [0.717, 1.165) is 0 Å². The number of rotatable bonds is 2. The average Bonchev–Trinajstić information content (AvgIpc) is 2.55. The lowest BCUT2D eigenvalue weighted by Crippen LogP contribution is -2.11. The molecule has 2 rings (SSSR count). The molecule has 0 amide bonds. The second-order valence-corrected chi connectivity index (χ2v) is 4.22. The number of anilines is 4. The van der Waals surface area contributed by atoms with Gasteiger partial charge in [-0.15, -0.1) is 0 Å². The highest BCUT2D eigenvalue weighted by atomic mass is 16.4. The summed E-state index contributed by atoms with van der Waals surface area (Å²) in [7, 11) is 0. The van der Waals surface area contributed by atoms with Crippen molar-refractivity contribution in [2.45, 2.75) is 0 Å². The molecule has 0 radical (unpaired) electrons. The highest BCUT2D eigenvalue weighted by Gasteiger charge is 2.15. The molecule has 0 unspecified atom stereocenters. The number of aromatic nitrogens is 4. The number of hydrogen-bond donors (Lipinski definition) is 6. The van der Waals surface area contributed by atoms with Gasteiger partial charge in [-0.3, -0.25) is 0 Å². The van der Waals surface area contributed by atoms with Crippen LogP contribution in [-0.4, -0.2) is 47.6 Å². The summed E-state index contributed by atoms with van der Waals surface area (Å²) in [5.41, 5.74) is 19.4. The maximum Gasteiger partial charge on any atom is 0.358 e. The van der Waals surface area contributed by atoms with E-state index >= 15 is 0 Å². The van der Waals surface area contributed by atoms with Crippen molar-refractivity contribution in [3.63, 3.8) is 0 Å². The standard InChI is InChI=1S/2C6H5N5O2.H2O/c2*7-1-2-4(8)11-5(9)3(10-2)6(12)13;/h2*(H,12,13)(H4,8,9,11);1H2. The van der Waals surface area contributed by atoms with Crippen molar-refractivity contribution in [3.05, 3.63) is 22.8 Å². The van der Waals surface area contributed by atoms with E-state index in [2.05, 4.69) is 19.9 Å². The minimum atomic E-state index is -1.35. The Kier molecular flexibility index (Phi) is 7.34. The Morgan fingerprint density at radius 3 is 1.22 bits per heavy atom. The van der Waals surface area contributed by atoms with Crippen LogP contribution in [0.4, 0.5) is 23.3 Å². The van der Waals surface area contributed by atoms with Crippen molar-refractivity contribution in [3.8, 4) is 12.1 Å². The van der Waals surface area contributed by atoms with Crippen LogP contribution in [-0.2, 0) is 0 Å². The molecule has 0 aromatic carbocycles. The van der Waals surface area contributed by atoms with Gasteiger partial charge in [0.15, 0.2) is 46.0 Å². The van der Waals surface area contributed by atoms with Gasteiger partial charge < -0.3 is 38.6 Å². The van der Waals surface area contributed by atoms with Crippen molar-refractivity contribution >= 4 is 35.2 Å². The van der Waals surface area contributed by atoms with E-state index in [1.807, 2.05) is 0 Å². The Hall–Kier alpha value is -4.76. The van der Waals surface area contributed by atoms with Crippen LogP contribution in [0.2, 0.25) is 0 Å². The number of nitrogens with zero attached hydrogens (tertiary/aromatic N) is 6. The predicted molar refractivity (Wildman–Crippen MR) is 88.7 cm³/mol. The zero-order valence-corrected chi connectivity index (χ0v) is 13.2. The molecule has 0 bridgehead atoms. The van der Waals surface area contributed by atoms with Crippen LogP contribution >= 0.6 is 0 Å². The first-order chi connectivity index (χ1) is 12.1. The molecule has 0 aliphatic heterocycles. The highest BCUT2D eigenvalue weighted by molar-refractivity contribution is 5.91. The minimum absolute atomic E-state index is 0. The molecule has 15 heteroatoms. The van der Waals surface area contributed by atoms with Gasteiger partial charge >= 0.3 is 11.9 Å². The Morgan fingerprint density at radius 1 is 0.704 bits per heavy atom. The van der Waals surface area contributed by atoms with Gasteiger partial charge in [0.2, 0.25) is 0 Å². The van der Waals surface area contributed by atoms with Gasteiger partial charge in [-0.2, -0.15) is 10.5 Å². The number of carbonyl (C=O) groups is 2.